The molecule has 1 aromatic carbocycles. The van der Waals surface area contributed by atoms with Gasteiger partial charge in [-0.05, 0) is 31.9 Å². The van der Waals surface area contributed by atoms with E-state index in [9.17, 15) is 14.5 Å². The van der Waals surface area contributed by atoms with Crippen molar-refractivity contribution in [2.45, 2.75) is 33.6 Å². The molecule has 0 atom stereocenters. The summed E-state index contributed by atoms with van der Waals surface area (Å²) in [6.45, 7) is 5.30. The summed E-state index contributed by atoms with van der Waals surface area (Å²) in [6, 6.07) is 7.36. The summed E-state index contributed by atoms with van der Waals surface area (Å²) in [6.07, 6.45) is 0.719. The summed E-state index contributed by atoms with van der Waals surface area (Å²) in [4.78, 5) is 34.6. The lowest BCUT2D eigenvalue weighted by molar-refractivity contribution is -0.475. The van der Waals surface area contributed by atoms with Gasteiger partial charge in [0, 0.05) is 11.3 Å². The second-order valence-corrected chi connectivity index (χ2v) is 5.98. The van der Waals surface area contributed by atoms with Gasteiger partial charge in [-0.25, -0.2) is 4.79 Å². The fraction of sp³-hybridized carbons (Fsp3) is 0.500. The van der Waals surface area contributed by atoms with Crippen molar-refractivity contribution in [1.82, 2.24) is 0 Å². The number of methoxy groups -OCH3 is 1. The molecule has 5 heteroatoms. The predicted molar refractivity (Wildman–Crippen MR) is 78.8 cm³/mol. The van der Waals surface area contributed by atoms with E-state index in [-0.39, 0.29) is 18.9 Å². The van der Waals surface area contributed by atoms with E-state index < -0.39 is 11.3 Å². The number of nitrogens with zero attached hydrogens (tertiary/aromatic N) is 1. The predicted octanol–water partition coefficient (Wildman–Crippen LogP) is 2.30. The summed E-state index contributed by atoms with van der Waals surface area (Å²) in [7, 11) is 1.35. The monoisotopic (exact) mass is 292 g/mol. The van der Waals surface area contributed by atoms with Gasteiger partial charge in [0.15, 0.2) is 0 Å². The van der Waals surface area contributed by atoms with Crippen LogP contribution in [0.3, 0.4) is 0 Å². The summed E-state index contributed by atoms with van der Waals surface area (Å²) < 4.78 is 5.11. The minimum absolute atomic E-state index is 0.131. The van der Waals surface area contributed by atoms with E-state index in [4.69, 9.17) is 0 Å². The van der Waals surface area contributed by atoms with Crippen molar-refractivity contribution < 1.29 is 19.1 Å². The number of amides is 1. The van der Waals surface area contributed by atoms with Crippen LogP contribution in [0.15, 0.2) is 24.3 Å². The second kappa shape index (κ2) is 7.11. The van der Waals surface area contributed by atoms with Crippen molar-refractivity contribution in [3.8, 4) is 0 Å². The van der Waals surface area contributed by atoms with E-state index in [0.29, 0.717) is 11.2 Å². The quantitative estimate of drug-likeness (QED) is 0.617. The molecule has 5 nitrogen and oxygen atoms in total. The van der Waals surface area contributed by atoms with Gasteiger partial charge in [-0.2, -0.15) is 0 Å². The van der Waals surface area contributed by atoms with Crippen LogP contribution in [-0.4, -0.2) is 30.3 Å². The van der Waals surface area contributed by atoms with E-state index in [1.807, 2.05) is 24.3 Å². The summed E-state index contributed by atoms with van der Waals surface area (Å²) in [5, 5.41) is 0. The molecule has 0 heterocycles. The van der Waals surface area contributed by atoms with Crippen LogP contribution < -0.4 is 0 Å². The molecular weight excluding hydrogens is 270 g/mol. The molecular formula is C16H22NO4+. The van der Waals surface area contributed by atoms with Crippen LogP contribution in [0, 0.1) is 10.3 Å². The number of carbonyl (C=O) groups excluding carboxylic acids is 2. The molecule has 0 aliphatic rings. The average Bonchev–Trinajstić information content (AvgIpc) is 2.44. The number of esters is 1. The number of rotatable bonds is 5. The van der Waals surface area contributed by atoms with Crippen molar-refractivity contribution in [2.24, 2.45) is 5.41 Å². The number of nitroso groups, excluding NO2 is 1. The number of ether oxygens (including phenoxy) is 1. The SMILES string of the molecule is COC(=O)Cc1ccc(CC[N+](=O)C(=O)C(C)(C)C)cc1. The van der Waals surface area contributed by atoms with Crippen LogP contribution in [0.1, 0.15) is 31.9 Å². The minimum Gasteiger partial charge on any atom is -0.469 e. The molecule has 0 aliphatic carbocycles. The lowest BCUT2D eigenvalue weighted by atomic mass is 9.95. The molecule has 0 spiro atoms. The Hall–Kier alpha value is -2.04. The van der Waals surface area contributed by atoms with Gasteiger partial charge in [-0.1, -0.05) is 24.3 Å². The first kappa shape index (κ1) is 17.0. The Kier molecular flexibility index (Phi) is 5.76. The molecule has 21 heavy (non-hydrogen) atoms. The normalized spacial score (nSPS) is 11.0. The molecule has 1 amide bonds. The maximum absolute atomic E-state index is 11.8. The molecule has 0 aromatic heterocycles. The van der Waals surface area contributed by atoms with Gasteiger partial charge in [0.05, 0.1) is 23.7 Å². The first-order valence-electron chi connectivity index (χ1n) is 6.88. The Labute approximate surface area is 124 Å². The largest absolute Gasteiger partial charge is 0.469 e. The van der Waals surface area contributed by atoms with Gasteiger partial charge < -0.3 is 4.74 Å². The maximum Gasteiger partial charge on any atom is 0.438 e. The third kappa shape index (κ3) is 5.45. The Morgan fingerprint density at radius 2 is 1.62 bits per heavy atom. The molecule has 0 saturated carbocycles. The smallest absolute Gasteiger partial charge is 0.438 e. The van der Waals surface area contributed by atoms with E-state index in [1.165, 1.54) is 7.11 Å². The van der Waals surface area contributed by atoms with Crippen LogP contribution in [0.2, 0.25) is 0 Å². The molecule has 114 valence electrons. The van der Waals surface area contributed by atoms with Gasteiger partial charge in [0.2, 0.25) is 6.54 Å². The molecule has 1 rings (SSSR count). The van der Waals surface area contributed by atoms with Gasteiger partial charge >= 0.3 is 11.9 Å². The standard InChI is InChI=1S/C16H22NO4/c1-16(2,3)15(19)17(20)10-9-12-5-7-13(8-6-12)11-14(18)21-4/h5-8H,9-11H2,1-4H3/q+1. The van der Waals surface area contributed by atoms with Crippen LogP contribution >= 0.6 is 0 Å². The van der Waals surface area contributed by atoms with Crippen molar-refractivity contribution in [3.05, 3.63) is 40.3 Å². The number of hydrogen-bond donors (Lipinski definition) is 0. The highest BCUT2D eigenvalue weighted by Crippen LogP contribution is 2.15. The maximum atomic E-state index is 11.8. The second-order valence-electron chi connectivity index (χ2n) is 5.98. The number of benzene rings is 1. The van der Waals surface area contributed by atoms with Crippen molar-refractivity contribution in [3.63, 3.8) is 0 Å². The molecule has 0 bridgehead atoms. The van der Waals surface area contributed by atoms with Gasteiger partial charge in [-0.15, -0.1) is 0 Å². The highest BCUT2D eigenvalue weighted by Gasteiger charge is 2.35. The minimum atomic E-state index is -0.661. The van der Waals surface area contributed by atoms with Crippen molar-refractivity contribution in [2.75, 3.05) is 13.7 Å². The van der Waals surface area contributed by atoms with Crippen molar-refractivity contribution >= 4 is 11.9 Å². The zero-order valence-corrected chi connectivity index (χ0v) is 13.0. The first-order valence-corrected chi connectivity index (χ1v) is 6.88. The Balaban J connectivity index is 2.55. The fourth-order valence-corrected chi connectivity index (χ4v) is 1.77. The zero-order chi connectivity index (χ0) is 16.0. The van der Waals surface area contributed by atoms with Crippen LogP contribution in [0.5, 0.6) is 0 Å². The third-order valence-electron chi connectivity index (χ3n) is 3.07. The lowest BCUT2D eigenvalue weighted by Crippen LogP contribution is -2.32. The van der Waals surface area contributed by atoms with Gasteiger partial charge in [0.1, 0.15) is 0 Å². The van der Waals surface area contributed by atoms with Crippen LogP contribution in [0.4, 0.5) is 0 Å². The number of hydrogen-bond acceptors (Lipinski definition) is 4. The van der Waals surface area contributed by atoms with Gasteiger partial charge in [-0.3, -0.25) is 4.79 Å². The number of carbonyl (C=O) groups is 2. The Morgan fingerprint density at radius 3 is 2.10 bits per heavy atom. The lowest BCUT2D eigenvalue weighted by Gasteiger charge is -2.08. The topological polar surface area (TPSA) is 63.5 Å². The molecule has 0 aliphatic heterocycles. The highest BCUT2D eigenvalue weighted by molar-refractivity contribution is 5.73. The van der Waals surface area contributed by atoms with Crippen molar-refractivity contribution in [1.29, 1.82) is 0 Å². The van der Waals surface area contributed by atoms with E-state index in [0.717, 1.165) is 11.1 Å². The third-order valence-corrected chi connectivity index (χ3v) is 3.07. The first-order chi connectivity index (χ1) is 9.74. The zero-order valence-electron chi connectivity index (χ0n) is 13.0. The van der Waals surface area contributed by atoms with Crippen LogP contribution in [-0.2, 0) is 27.2 Å². The molecule has 0 radical (unpaired) electrons. The van der Waals surface area contributed by atoms with E-state index in [1.54, 1.807) is 20.8 Å². The van der Waals surface area contributed by atoms with Crippen LogP contribution in [0.25, 0.3) is 0 Å². The summed E-state index contributed by atoms with van der Waals surface area (Å²) in [5.41, 5.74) is 1.15. The molecule has 0 unspecified atom stereocenters. The van der Waals surface area contributed by atoms with Gasteiger partial charge in [0.25, 0.3) is 0 Å². The Bertz CT molecular complexity index is 526. The molecule has 0 N–H and O–H groups in total. The highest BCUT2D eigenvalue weighted by atomic mass is 16.5. The fourth-order valence-electron chi connectivity index (χ4n) is 1.77. The van der Waals surface area contributed by atoms with E-state index in [2.05, 4.69) is 4.74 Å². The molecule has 0 fully saturated rings. The average molecular weight is 292 g/mol. The summed E-state index contributed by atoms with van der Waals surface area (Å²) in [5.74, 6) is -0.700. The molecule has 1 aromatic rings. The Morgan fingerprint density at radius 1 is 1.10 bits per heavy atom. The molecule has 0 saturated heterocycles. The summed E-state index contributed by atoms with van der Waals surface area (Å²) >= 11 is 0. The van der Waals surface area contributed by atoms with E-state index >= 15 is 0 Å².